The molecule has 2 saturated carbocycles. The summed E-state index contributed by atoms with van der Waals surface area (Å²) in [5.41, 5.74) is 5.51. The highest BCUT2D eigenvalue weighted by atomic mass is 19.4. The van der Waals surface area contributed by atoms with Crippen molar-refractivity contribution in [2.75, 3.05) is 36.0 Å². The van der Waals surface area contributed by atoms with Crippen LogP contribution in [-0.4, -0.2) is 117 Å². The molecule has 66 heavy (non-hydrogen) atoms. The minimum Gasteiger partial charge on any atom is -0.489 e. The zero-order valence-electron chi connectivity index (χ0n) is 36.6. The van der Waals surface area contributed by atoms with Crippen molar-refractivity contribution in [1.29, 1.82) is 0 Å². The number of nitrogens with zero attached hydrogens (tertiary/aromatic N) is 6. The molecule has 2 aromatic carbocycles. The number of nitrogens with one attached hydrogen (secondary N) is 1. The van der Waals surface area contributed by atoms with E-state index in [1.165, 1.54) is 6.42 Å². The van der Waals surface area contributed by atoms with Gasteiger partial charge in [-0.05, 0) is 114 Å². The number of hydrogen-bond donors (Lipinski definition) is 2. The number of rotatable bonds is 8. The minimum atomic E-state index is -5.08. The highest BCUT2D eigenvalue weighted by Crippen LogP contribution is 2.46. The lowest BCUT2D eigenvalue weighted by molar-refractivity contribution is -0.192. The number of alkyl halides is 3. The molecule has 5 aliphatic heterocycles. The molecule has 1 aromatic heterocycles. The summed E-state index contributed by atoms with van der Waals surface area (Å²) in [7, 11) is 0. The Hall–Kier alpha value is -6.27. The van der Waals surface area contributed by atoms with Crippen molar-refractivity contribution in [3.63, 3.8) is 0 Å². The fourth-order valence-electron chi connectivity index (χ4n) is 10.0. The molecule has 0 bridgehead atoms. The number of carboxylic acid groups (broad SMARTS) is 1. The largest absolute Gasteiger partial charge is 0.490 e. The summed E-state index contributed by atoms with van der Waals surface area (Å²) in [4.78, 5) is 93.9. The van der Waals surface area contributed by atoms with E-state index in [1.807, 2.05) is 22.1 Å². The van der Waals surface area contributed by atoms with Gasteiger partial charge in [-0.1, -0.05) is 0 Å². The first-order chi connectivity index (χ1) is 31.6. The van der Waals surface area contributed by atoms with Crippen molar-refractivity contribution in [3.8, 4) is 16.9 Å². The molecule has 16 nitrogen and oxygen atoms in total. The number of imide groups is 2. The lowest BCUT2D eigenvalue weighted by Gasteiger charge is -2.38. The predicted octanol–water partition coefficient (Wildman–Crippen LogP) is 5.67. The van der Waals surface area contributed by atoms with Crippen LogP contribution >= 0.6 is 0 Å². The van der Waals surface area contributed by atoms with Crippen LogP contribution in [0.2, 0.25) is 0 Å². The molecule has 2 atom stereocenters. The van der Waals surface area contributed by atoms with Gasteiger partial charge in [-0.3, -0.25) is 43.7 Å². The molecular formula is C47H52F3N7O9. The normalized spacial score (nSPS) is 22.8. The Morgan fingerprint density at radius 1 is 0.788 bits per heavy atom. The van der Waals surface area contributed by atoms with Crippen LogP contribution < -0.4 is 19.9 Å². The molecule has 5 fully saturated rings. The van der Waals surface area contributed by atoms with Gasteiger partial charge in [0.2, 0.25) is 23.6 Å². The van der Waals surface area contributed by atoms with E-state index in [0.29, 0.717) is 39.0 Å². The van der Waals surface area contributed by atoms with Gasteiger partial charge in [0.05, 0.1) is 35.2 Å². The Kier molecular flexibility index (Phi) is 12.1. The van der Waals surface area contributed by atoms with E-state index in [4.69, 9.17) is 19.7 Å². The second-order valence-electron chi connectivity index (χ2n) is 18.5. The molecule has 3 saturated heterocycles. The van der Waals surface area contributed by atoms with Crippen molar-refractivity contribution in [1.82, 2.24) is 24.9 Å². The van der Waals surface area contributed by atoms with Crippen molar-refractivity contribution in [3.05, 3.63) is 59.4 Å². The number of fused-ring (bicyclic) bond motifs is 2. The number of halogens is 3. The molecule has 0 spiro atoms. The van der Waals surface area contributed by atoms with Gasteiger partial charge in [0.25, 0.3) is 11.8 Å². The summed E-state index contributed by atoms with van der Waals surface area (Å²) in [6.45, 7) is 4.78. The number of benzene rings is 2. The number of carboxylic acids is 1. The Bertz CT molecular complexity index is 2470. The van der Waals surface area contributed by atoms with Crippen molar-refractivity contribution >= 4 is 52.8 Å². The van der Waals surface area contributed by atoms with Gasteiger partial charge in [0.1, 0.15) is 11.8 Å². The number of hydrogen-bond acceptors (Lipinski definition) is 10. The van der Waals surface area contributed by atoms with Gasteiger partial charge >= 0.3 is 12.1 Å². The third-order valence-electron chi connectivity index (χ3n) is 14.2. The van der Waals surface area contributed by atoms with Crippen LogP contribution in [0.1, 0.15) is 116 Å². The average Bonchev–Trinajstić information content (AvgIpc) is 3.97. The van der Waals surface area contributed by atoms with Gasteiger partial charge in [-0.25, -0.2) is 4.79 Å². The number of aliphatic carboxylic acids is 1. The van der Waals surface area contributed by atoms with Gasteiger partial charge in [0.15, 0.2) is 0 Å². The predicted molar refractivity (Wildman–Crippen MR) is 231 cm³/mol. The zero-order valence-corrected chi connectivity index (χ0v) is 36.6. The second kappa shape index (κ2) is 17.8. The van der Waals surface area contributed by atoms with Gasteiger partial charge < -0.3 is 24.5 Å². The topological polar surface area (TPSA) is 192 Å². The fraction of sp³-hybridized carbons (Fsp3) is 0.532. The molecule has 2 aliphatic carbocycles. The lowest BCUT2D eigenvalue weighted by atomic mass is 9.91. The fourth-order valence-corrected chi connectivity index (χ4v) is 10.0. The van der Waals surface area contributed by atoms with E-state index in [-0.39, 0.29) is 65.8 Å². The summed E-state index contributed by atoms with van der Waals surface area (Å²) in [5, 5.41) is 14.2. The van der Waals surface area contributed by atoms with Crippen LogP contribution in [0, 0.1) is 11.8 Å². The van der Waals surface area contributed by atoms with Crippen molar-refractivity contribution in [2.24, 2.45) is 11.8 Å². The maximum atomic E-state index is 13.8. The van der Waals surface area contributed by atoms with Crippen LogP contribution in [0.3, 0.4) is 0 Å². The monoisotopic (exact) mass is 915 g/mol. The number of aromatic nitrogens is 2. The Labute approximate surface area is 378 Å². The third-order valence-corrected chi connectivity index (χ3v) is 14.2. The Balaban J connectivity index is 0.000000726. The first kappa shape index (κ1) is 44.9. The van der Waals surface area contributed by atoms with Gasteiger partial charge in [-0.15, -0.1) is 0 Å². The van der Waals surface area contributed by atoms with E-state index in [2.05, 4.69) is 40.2 Å². The maximum absolute atomic E-state index is 13.8. The van der Waals surface area contributed by atoms with Gasteiger partial charge in [-0.2, -0.15) is 18.3 Å². The summed E-state index contributed by atoms with van der Waals surface area (Å²) in [6, 6.07) is 8.77. The molecule has 350 valence electrons. The van der Waals surface area contributed by atoms with Crippen LogP contribution in [0.4, 0.5) is 24.5 Å². The SMILES string of the molecule is C[C@H]1CCc2c(ccc(-c3cnn(C4CCN(C(=O)C5CCN(c6ccc7c(c6)C(=O)N(C6CCC(=O)NC6=O)C7=O)CC5)CC4)c3)c2OC2CCC2)N1C(=O)C1CC1.O=C(O)C(F)(F)F. The van der Waals surface area contributed by atoms with Crippen LogP contribution in [0.15, 0.2) is 42.7 Å². The highest BCUT2D eigenvalue weighted by molar-refractivity contribution is 6.23. The molecule has 3 aromatic rings. The quantitative estimate of drug-likeness (QED) is 0.265. The molecular weight excluding hydrogens is 864 g/mol. The number of likely N-dealkylation sites (tertiary alicyclic amines) is 1. The summed E-state index contributed by atoms with van der Waals surface area (Å²) >= 11 is 0. The summed E-state index contributed by atoms with van der Waals surface area (Å²) < 4.78 is 40.5. The molecule has 7 aliphatic rings. The molecule has 10 rings (SSSR count). The first-order valence-corrected chi connectivity index (χ1v) is 23.0. The lowest BCUT2D eigenvalue weighted by Crippen LogP contribution is -2.54. The number of ether oxygens (including phenoxy) is 1. The zero-order chi connectivity index (χ0) is 46.6. The summed E-state index contributed by atoms with van der Waals surface area (Å²) in [6.07, 6.45) is 9.40. The number of carbonyl (C=O) groups excluding carboxylic acids is 6. The van der Waals surface area contributed by atoms with Crippen LogP contribution in [-0.2, 0) is 30.4 Å². The number of amides is 6. The molecule has 6 amide bonds. The van der Waals surface area contributed by atoms with E-state index in [1.54, 1.807) is 12.1 Å². The minimum absolute atomic E-state index is 0.0736. The molecule has 19 heteroatoms. The van der Waals surface area contributed by atoms with Crippen molar-refractivity contribution < 1.29 is 56.6 Å². The molecule has 1 unspecified atom stereocenters. The highest BCUT2D eigenvalue weighted by Gasteiger charge is 2.45. The van der Waals surface area contributed by atoms with E-state index < -0.39 is 41.8 Å². The number of anilines is 2. The van der Waals surface area contributed by atoms with E-state index in [9.17, 15) is 41.9 Å². The Morgan fingerprint density at radius 3 is 2.09 bits per heavy atom. The van der Waals surface area contributed by atoms with Crippen molar-refractivity contribution in [2.45, 2.75) is 121 Å². The van der Waals surface area contributed by atoms with E-state index >= 15 is 0 Å². The second-order valence-corrected chi connectivity index (χ2v) is 18.5. The summed E-state index contributed by atoms with van der Waals surface area (Å²) in [5.74, 6) is -3.41. The third kappa shape index (κ3) is 8.75. The number of piperidine rings is 3. The van der Waals surface area contributed by atoms with Crippen LogP contribution in [0.25, 0.3) is 11.1 Å². The van der Waals surface area contributed by atoms with Gasteiger partial charge in [0, 0.05) is 79.1 Å². The smallest absolute Gasteiger partial charge is 0.489 e. The molecule has 2 N–H and O–H groups in total. The average molecular weight is 916 g/mol. The Morgan fingerprint density at radius 2 is 1.45 bits per heavy atom. The first-order valence-electron chi connectivity index (χ1n) is 23.0. The molecule has 6 heterocycles. The maximum Gasteiger partial charge on any atom is 0.490 e. The standard InChI is InChI=1S/C45H51N7O7.C2HF3O2/c1-26-5-9-35-37(51(26)43(56)27-6-7-27)12-11-33(40(35)59-32-3-2-4-32)29-24-46-50(25-29)30-17-21-49(22-18-30)42(55)28-15-19-48(20-16-28)31-8-10-34-36(23-31)45(58)52(44(34)57)38-13-14-39(53)47-41(38)54;3-2(4,5)1(6)7/h8,10-12,23-28,30,32,38H,2-7,9,13-22H2,1H3,(H,47,53,54);(H,6,7)/t26-,38?;/m0./s1. The van der Waals surface area contributed by atoms with E-state index in [0.717, 1.165) is 90.1 Å². The van der Waals surface area contributed by atoms with Crippen LogP contribution in [0.5, 0.6) is 5.75 Å². The molecule has 0 radical (unpaired) electrons. The number of carbonyl (C=O) groups is 7.